The van der Waals surface area contributed by atoms with Gasteiger partial charge < -0.3 is 14.4 Å². The van der Waals surface area contributed by atoms with Crippen molar-refractivity contribution in [3.05, 3.63) is 41.5 Å². The fourth-order valence-electron chi connectivity index (χ4n) is 8.21. The summed E-state index contributed by atoms with van der Waals surface area (Å²) in [7, 11) is 0. The molecule has 3 atom stereocenters. The van der Waals surface area contributed by atoms with Crippen LogP contribution in [0.2, 0.25) is 0 Å². The van der Waals surface area contributed by atoms with Gasteiger partial charge in [-0.2, -0.15) is 27.5 Å². The highest BCUT2D eigenvalue weighted by Gasteiger charge is 2.64. The molecule has 4 aliphatic heterocycles. The quantitative estimate of drug-likeness (QED) is 0.300. The number of aryl methyl sites for hydroxylation is 1. The number of rotatable bonds is 5. The Hall–Kier alpha value is -3.55. The lowest BCUT2D eigenvalue weighted by atomic mass is 9.93. The number of fused-ring (bicyclic) bond motifs is 5. The van der Waals surface area contributed by atoms with Crippen LogP contribution in [-0.2, 0) is 4.74 Å². The first-order valence-electron chi connectivity index (χ1n) is 16.7. The maximum Gasteiger partial charge on any atom is 0.411 e. The summed E-state index contributed by atoms with van der Waals surface area (Å²) in [4.78, 5) is 31.9. The average Bonchev–Trinajstić information content (AvgIpc) is 3.53. The summed E-state index contributed by atoms with van der Waals surface area (Å²) in [6, 6.07) is -0.629. The summed E-state index contributed by atoms with van der Waals surface area (Å²) < 4.78 is 82.9. The third-order valence-electron chi connectivity index (χ3n) is 10.4. The predicted octanol–water partition coefficient (Wildman–Crippen LogP) is 7.54. The van der Waals surface area contributed by atoms with Crippen LogP contribution in [-0.4, -0.2) is 85.3 Å². The lowest BCUT2D eigenvalue weighted by molar-refractivity contribution is 0.00167. The van der Waals surface area contributed by atoms with Gasteiger partial charge in [0.15, 0.2) is 5.82 Å². The Bertz CT molecular complexity index is 1670. The number of piperazine rings is 1. The molecule has 5 fully saturated rings. The van der Waals surface area contributed by atoms with Crippen molar-refractivity contribution < 1.29 is 36.2 Å². The SMILES string of the molecule is CC.Cc1ncc2c(N3CC4CCC(C=C(F)F)(C3)N4C(=O)OC(C)(C)C)nc(OCC34CCC5(CC5)N3CC(=C(F)F)C4)nc2c1F. The zero-order valence-electron chi connectivity index (χ0n) is 28.3. The van der Waals surface area contributed by atoms with Crippen molar-refractivity contribution in [2.75, 3.05) is 31.1 Å². The van der Waals surface area contributed by atoms with Gasteiger partial charge in [-0.25, -0.2) is 9.18 Å². The normalized spacial score (nSPS) is 27.1. The predicted molar refractivity (Wildman–Crippen MR) is 170 cm³/mol. The van der Waals surface area contributed by atoms with Crippen LogP contribution in [0.4, 0.5) is 32.6 Å². The van der Waals surface area contributed by atoms with Crippen molar-refractivity contribution in [1.82, 2.24) is 24.8 Å². The van der Waals surface area contributed by atoms with Crippen LogP contribution in [0.25, 0.3) is 10.9 Å². The molecule has 262 valence electrons. The molecule has 1 spiro atoms. The molecule has 7 rings (SSSR count). The van der Waals surface area contributed by atoms with Crippen molar-refractivity contribution in [3.8, 4) is 6.01 Å². The minimum Gasteiger partial charge on any atom is -0.461 e. The third-order valence-corrected chi connectivity index (χ3v) is 10.4. The second-order valence-electron chi connectivity index (χ2n) is 14.6. The maximum absolute atomic E-state index is 15.6. The van der Waals surface area contributed by atoms with Gasteiger partial charge >= 0.3 is 12.1 Å². The minimum absolute atomic E-state index is 0.0386. The van der Waals surface area contributed by atoms with E-state index in [1.54, 1.807) is 25.7 Å². The lowest BCUT2D eigenvalue weighted by Crippen LogP contribution is -2.63. The average molecular weight is 679 g/mol. The molecule has 2 aromatic heterocycles. The molecule has 6 heterocycles. The highest BCUT2D eigenvalue weighted by Crippen LogP contribution is 2.60. The summed E-state index contributed by atoms with van der Waals surface area (Å²) in [6.07, 6.45) is 2.33. The molecule has 1 amide bonds. The van der Waals surface area contributed by atoms with Crippen LogP contribution in [0, 0.1) is 12.7 Å². The Morgan fingerprint density at radius 2 is 1.79 bits per heavy atom. The Balaban J connectivity index is 0.00000197. The summed E-state index contributed by atoms with van der Waals surface area (Å²) in [5, 5.41) is 0.267. The second kappa shape index (κ2) is 12.1. The molecule has 0 radical (unpaired) electrons. The van der Waals surface area contributed by atoms with Crippen molar-refractivity contribution >= 4 is 22.8 Å². The zero-order chi connectivity index (χ0) is 34.8. The number of carbonyl (C=O) groups excluding carboxylic acids is 1. The number of carbonyl (C=O) groups is 1. The first-order valence-corrected chi connectivity index (χ1v) is 16.7. The van der Waals surface area contributed by atoms with E-state index in [0.717, 1.165) is 25.3 Å². The monoisotopic (exact) mass is 678 g/mol. The van der Waals surface area contributed by atoms with Gasteiger partial charge in [-0.15, -0.1) is 0 Å². The van der Waals surface area contributed by atoms with Crippen molar-refractivity contribution in [1.29, 1.82) is 0 Å². The third kappa shape index (κ3) is 5.87. The van der Waals surface area contributed by atoms with Gasteiger partial charge in [0.05, 0.1) is 28.2 Å². The Morgan fingerprint density at radius 3 is 2.44 bits per heavy atom. The van der Waals surface area contributed by atoms with Crippen molar-refractivity contribution in [3.63, 3.8) is 0 Å². The van der Waals surface area contributed by atoms with Gasteiger partial charge in [0.2, 0.25) is 0 Å². The van der Waals surface area contributed by atoms with E-state index in [1.807, 2.05) is 13.8 Å². The fourth-order valence-corrected chi connectivity index (χ4v) is 8.21. The largest absolute Gasteiger partial charge is 0.461 e. The van der Waals surface area contributed by atoms with E-state index in [9.17, 15) is 22.4 Å². The van der Waals surface area contributed by atoms with Gasteiger partial charge in [0.25, 0.3) is 12.2 Å². The molecular formula is C34H43F5N6O3. The molecule has 2 bridgehead atoms. The number of hydrogen-bond donors (Lipinski definition) is 0. The Labute approximate surface area is 277 Å². The summed E-state index contributed by atoms with van der Waals surface area (Å²) >= 11 is 0. The Kier molecular flexibility index (Phi) is 8.65. The smallest absolute Gasteiger partial charge is 0.411 e. The molecule has 3 unspecified atom stereocenters. The van der Waals surface area contributed by atoms with Crippen LogP contribution in [0.3, 0.4) is 0 Å². The topological polar surface area (TPSA) is 83.9 Å². The van der Waals surface area contributed by atoms with Gasteiger partial charge in [-0.05, 0) is 72.6 Å². The molecular weight excluding hydrogens is 635 g/mol. The van der Waals surface area contributed by atoms with Crippen LogP contribution in [0.15, 0.2) is 30.0 Å². The van der Waals surface area contributed by atoms with E-state index in [2.05, 4.69) is 19.9 Å². The number of halogens is 5. The second-order valence-corrected chi connectivity index (χ2v) is 14.6. The van der Waals surface area contributed by atoms with E-state index < -0.39 is 46.8 Å². The van der Waals surface area contributed by atoms with Gasteiger partial charge in [0, 0.05) is 43.0 Å². The number of hydrogen-bond acceptors (Lipinski definition) is 8. The van der Waals surface area contributed by atoms with Crippen LogP contribution in [0.5, 0.6) is 6.01 Å². The zero-order valence-corrected chi connectivity index (χ0v) is 28.3. The highest BCUT2D eigenvalue weighted by atomic mass is 19.3. The van der Waals surface area contributed by atoms with E-state index in [4.69, 9.17) is 9.47 Å². The molecule has 1 aliphatic carbocycles. The Morgan fingerprint density at radius 1 is 1.08 bits per heavy atom. The van der Waals surface area contributed by atoms with Gasteiger partial charge in [-0.3, -0.25) is 14.8 Å². The number of nitrogens with zero attached hydrogens (tertiary/aromatic N) is 6. The molecule has 2 aromatic rings. The number of pyridine rings is 1. The summed E-state index contributed by atoms with van der Waals surface area (Å²) in [6.45, 7) is 11.0. The van der Waals surface area contributed by atoms with E-state index >= 15 is 4.39 Å². The van der Waals surface area contributed by atoms with Crippen molar-refractivity contribution in [2.24, 2.45) is 0 Å². The van der Waals surface area contributed by atoms with Crippen LogP contribution >= 0.6 is 0 Å². The number of ether oxygens (including phenoxy) is 2. The minimum atomic E-state index is -1.93. The lowest BCUT2D eigenvalue weighted by Gasteiger charge is -2.47. The molecule has 9 nitrogen and oxygen atoms in total. The van der Waals surface area contributed by atoms with Crippen LogP contribution < -0.4 is 9.64 Å². The number of amides is 1. The molecule has 0 N–H and O–H groups in total. The standard InChI is InChI=1S/C32H37F5N6O3.C2H6/c1-18-23(35)24-21(13-38-18)26(41-15-20-5-6-31(16-41,12-22(33)34)43(20)28(44)46-29(2,3)4)40-27(39-24)45-17-32-10-9-30(7-8-30)42(32)14-19(11-32)25(36)37;1-2/h12-13,20H,5-11,14-17H2,1-4H3;1-2H3. The van der Waals surface area contributed by atoms with E-state index in [-0.39, 0.29) is 78.6 Å². The summed E-state index contributed by atoms with van der Waals surface area (Å²) in [5.41, 5.74) is -2.78. The molecule has 4 saturated heterocycles. The molecule has 14 heteroatoms. The first-order chi connectivity index (χ1) is 22.6. The maximum atomic E-state index is 15.6. The van der Waals surface area contributed by atoms with Crippen LogP contribution in [0.1, 0.15) is 85.3 Å². The fraction of sp³-hybridized carbons (Fsp3) is 0.647. The van der Waals surface area contributed by atoms with Gasteiger partial charge in [0.1, 0.15) is 23.5 Å². The number of aromatic nitrogens is 3. The first kappa shape index (κ1) is 34.3. The summed E-state index contributed by atoms with van der Waals surface area (Å²) in [5.74, 6) is -0.436. The molecule has 5 aliphatic rings. The molecule has 48 heavy (non-hydrogen) atoms. The van der Waals surface area contributed by atoms with E-state index in [0.29, 0.717) is 12.8 Å². The van der Waals surface area contributed by atoms with E-state index in [1.165, 1.54) is 18.0 Å². The molecule has 0 aromatic carbocycles. The molecule has 1 saturated carbocycles. The number of anilines is 1. The van der Waals surface area contributed by atoms with Crippen molar-refractivity contribution in [2.45, 2.75) is 115 Å². The highest BCUT2D eigenvalue weighted by molar-refractivity contribution is 5.90. The van der Waals surface area contributed by atoms with Gasteiger partial charge in [-0.1, -0.05) is 13.8 Å².